The van der Waals surface area contributed by atoms with E-state index in [9.17, 15) is 0 Å². The monoisotopic (exact) mass is 269 g/mol. The van der Waals surface area contributed by atoms with Gasteiger partial charge in [-0.1, -0.05) is 38.1 Å². The molecule has 0 saturated carbocycles. The van der Waals surface area contributed by atoms with Gasteiger partial charge in [0.2, 0.25) is 0 Å². The van der Waals surface area contributed by atoms with Gasteiger partial charge in [-0.05, 0) is 30.0 Å². The molecule has 2 aromatic rings. The zero-order chi connectivity index (χ0) is 14.2. The van der Waals surface area contributed by atoms with E-state index in [-0.39, 0.29) is 0 Å². The Labute approximate surface area is 121 Å². The van der Waals surface area contributed by atoms with Gasteiger partial charge in [0.15, 0.2) is 0 Å². The predicted octanol–water partition coefficient (Wildman–Crippen LogP) is 4.08. The van der Waals surface area contributed by atoms with E-state index in [1.54, 1.807) is 0 Å². The van der Waals surface area contributed by atoms with Gasteiger partial charge < -0.3 is 10.6 Å². The summed E-state index contributed by atoms with van der Waals surface area (Å²) in [4.78, 5) is 4.31. The van der Waals surface area contributed by atoms with Crippen molar-refractivity contribution in [1.82, 2.24) is 4.98 Å². The minimum atomic E-state index is 0.848. The lowest BCUT2D eigenvalue weighted by molar-refractivity contribution is 0.969. The molecule has 0 unspecified atom stereocenters. The van der Waals surface area contributed by atoms with Crippen LogP contribution < -0.4 is 10.6 Å². The molecule has 1 aromatic heterocycles. The molecule has 3 heteroatoms. The molecule has 0 spiro atoms. The highest BCUT2D eigenvalue weighted by Crippen LogP contribution is 2.15. The first-order chi connectivity index (χ1) is 9.83. The molecule has 0 atom stereocenters. The normalized spacial score (nSPS) is 10.3. The number of benzene rings is 1. The maximum Gasteiger partial charge on any atom is 0.127 e. The van der Waals surface area contributed by atoms with Gasteiger partial charge in [0, 0.05) is 31.0 Å². The van der Waals surface area contributed by atoms with Crippen molar-refractivity contribution >= 4 is 11.5 Å². The van der Waals surface area contributed by atoms with Crippen LogP contribution in [0.15, 0.2) is 42.6 Å². The lowest BCUT2D eigenvalue weighted by Crippen LogP contribution is -2.05. The van der Waals surface area contributed by atoms with Crippen LogP contribution in [0.2, 0.25) is 0 Å². The molecule has 1 heterocycles. The van der Waals surface area contributed by atoms with E-state index in [1.807, 2.05) is 12.3 Å². The minimum absolute atomic E-state index is 0.848. The number of rotatable bonds is 7. The van der Waals surface area contributed by atoms with Crippen LogP contribution in [0.4, 0.5) is 11.5 Å². The third-order valence-corrected chi connectivity index (χ3v) is 3.30. The molecule has 20 heavy (non-hydrogen) atoms. The van der Waals surface area contributed by atoms with Gasteiger partial charge in [-0.2, -0.15) is 0 Å². The highest BCUT2D eigenvalue weighted by atomic mass is 15.0. The van der Waals surface area contributed by atoms with Crippen molar-refractivity contribution < 1.29 is 0 Å². The lowest BCUT2D eigenvalue weighted by atomic mass is 10.1. The van der Waals surface area contributed by atoms with Crippen LogP contribution in [0, 0.1) is 0 Å². The molecule has 2 rings (SSSR count). The third kappa shape index (κ3) is 3.98. The summed E-state index contributed by atoms with van der Waals surface area (Å²) in [6.07, 6.45) is 4.01. The number of hydrogen-bond acceptors (Lipinski definition) is 3. The van der Waals surface area contributed by atoms with Gasteiger partial charge in [0.1, 0.15) is 5.82 Å². The number of hydrogen-bond donors (Lipinski definition) is 2. The van der Waals surface area contributed by atoms with Crippen LogP contribution >= 0.6 is 0 Å². The van der Waals surface area contributed by atoms with Crippen LogP contribution in [0.25, 0.3) is 0 Å². The number of nitrogens with zero attached hydrogens (tertiary/aromatic N) is 1. The second-order valence-corrected chi connectivity index (χ2v) is 4.83. The Morgan fingerprint density at radius 2 is 1.80 bits per heavy atom. The molecule has 0 aliphatic carbocycles. The summed E-state index contributed by atoms with van der Waals surface area (Å²) in [7, 11) is 0. The van der Waals surface area contributed by atoms with Crippen LogP contribution in [0.3, 0.4) is 0 Å². The molecule has 0 bridgehead atoms. The number of aromatic nitrogens is 1. The number of nitrogens with one attached hydrogen (secondary N) is 2. The Bertz CT molecular complexity index is 537. The fourth-order valence-corrected chi connectivity index (χ4v) is 2.16. The van der Waals surface area contributed by atoms with E-state index in [2.05, 4.69) is 59.8 Å². The Morgan fingerprint density at radius 1 is 1.00 bits per heavy atom. The SMILES string of the molecule is CCCNc1cc(NCc2ccccc2CC)ccn1. The number of aryl methyl sites for hydroxylation is 1. The van der Waals surface area contributed by atoms with Gasteiger partial charge >= 0.3 is 0 Å². The maximum atomic E-state index is 4.31. The number of anilines is 2. The average Bonchev–Trinajstić information content (AvgIpc) is 2.51. The summed E-state index contributed by atoms with van der Waals surface area (Å²) in [5.41, 5.74) is 3.86. The van der Waals surface area contributed by atoms with Gasteiger partial charge in [0.25, 0.3) is 0 Å². The maximum absolute atomic E-state index is 4.31. The quantitative estimate of drug-likeness (QED) is 0.795. The summed E-state index contributed by atoms with van der Waals surface area (Å²) in [5.74, 6) is 0.931. The fourth-order valence-electron chi connectivity index (χ4n) is 2.16. The molecule has 2 N–H and O–H groups in total. The zero-order valence-corrected chi connectivity index (χ0v) is 12.3. The van der Waals surface area contributed by atoms with Crippen LogP contribution in [0.1, 0.15) is 31.4 Å². The van der Waals surface area contributed by atoms with Crippen LogP contribution in [-0.2, 0) is 13.0 Å². The highest BCUT2D eigenvalue weighted by molar-refractivity contribution is 5.52. The van der Waals surface area contributed by atoms with Crippen molar-refractivity contribution in [1.29, 1.82) is 0 Å². The predicted molar refractivity (Wildman–Crippen MR) is 86.2 cm³/mol. The molecule has 0 fully saturated rings. The summed E-state index contributed by atoms with van der Waals surface area (Å²) >= 11 is 0. The molecular formula is C17H23N3. The largest absolute Gasteiger partial charge is 0.381 e. The summed E-state index contributed by atoms with van der Waals surface area (Å²) in [6, 6.07) is 12.6. The standard InChI is InChI=1S/C17H23N3/c1-3-10-18-17-12-16(9-11-19-17)20-13-15-8-6-5-7-14(15)4-2/h5-9,11-12H,3-4,10,13H2,1-2H3,(H2,18,19,20). The second-order valence-electron chi connectivity index (χ2n) is 4.83. The Kier molecular flexibility index (Phi) is 5.42. The minimum Gasteiger partial charge on any atom is -0.381 e. The van der Waals surface area contributed by atoms with E-state index in [4.69, 9.17) is 0 Å². The Hall–Kier alpha value is -2.03. The molecule has 0 aliphatic rings. The summed E-state index contributed by atoms with van der Waals surface area (Å²) < 4.78 is 0. The van der Waals surface area contributed by atoms with E-state index in [0.717, 1.165) is 37.4 Å². The van der Waals surface area contributed by atoms with Gasteiger partial charge in [0.05, 0.1) is 0 Å². The van der Waals surface area contributed by atoms with Crippen LogP contribution in [0.5, 0.6) is 0 Å². The van der Waals surface area contributed by atoms with Crippen molar-refractivity contribution in [3.63, 3.8) is 0 Å². The van der Waals surface area contributed by atoms with E-state index < -0.39 is 0 Å². The van der Waals surface area contributed by atoms with Gasteiger partial charge in [-0.3, -0.25) is 0 Å². The first kappa shape index (κ1) is 14.4. The third-order valence-electron chi connectivity index (χ3n) is 3.30. The van der Waals surface area contributed by atoms with Gasteiger partial charge in [-0.25, -0.2) is 4.98 Å². The second kappa shape index (κ2) is 7.53. The molecule has 0 saturated heterocycles. The van der Waals surface area contributed by atoms with Crippen molar-refractivity contribution in [2.24, 2.45) is 0 Å². The molecule has 0 radical (unpaired) electrons. The molecular weight excluding hydrogens is 246 g/mol. The van der Waals surface area contributed by atoms with E-state index >= 15 is 0 Å². The zero-order valence-electron chi connectivity index (χ0n) is 12.3. The molecule has 106 valence electrons. The van der Waals surface area contributed by atoms with Gasteiger partial charge in [-0.15, -0.1) is 0 Å². The van der Waals surface area contributed by atoms with E-state index in [1.165, 1.54) is 11.1 Å². The topological polar surface area (TPSA) is 37.0 Å². The Balaban J connectivity index is 1.99. The lowest BCUT2D eigenvalue weighted by Gasteiger charge is -2.11. The van der Waals surface area contributed by atoms with Crippen LogP contribution in [-0.4, -0.2) is 11.5 Å². The molecule has 0 amide bonds. The smallest absolute Gasteiger partial charge is 0.127 e. The summed E-state index contributed by atoms with van der Waals surface area (Å²) in [5, 5.41) is 6.78. The first-order valence-electron chi connectivity index (χ1n) is 7.34. The molecule has 3 nitrogen and oxygen atoms in total. The van der Waals surface area contributed by atoms with Crippen molar-refractivity contribution in [2.75, 3.05) is 17.2 Å². The number of pyridine rings is 1. The van der Waals surface area contributed by atoms with Crippen molar-refractivity contribution in [2.45, 2.75) is 33.2 Å². The van der Waals surface area contributed by atoms with Crippen molar-refractivity contribution in [3.8, 4) is 0 Å². The fraction of sp³-hybridized carbons (Fsp3) is 0.353. The average molecular weight is 269 g/mol. The summed E-state index contributed by atoms with van der Waals surface area (Å²) in [6.45, 7) is 6.14. The highest BCUT2D eigenvalue weighted by Gasteiger charge is 2.00. The molecule has 1 aromatic carbocycles. The Morgan fingerprint density at radius 3 is 2.55 bits per heavy atom. The first-order valence-corrected chi connectivity index (χ1v) is 7.34. The molecule has 0 aliphatic heterocycles. The van der Waals surface area contributed by atoms with Crippen molar-refractivity contribution in [3.05, 3.63) is 53.7 Å². The van der Waals surface area contributed by atoms with E-state index in [0.29, 0.717) is 0 Å².